The second kappa shape index (κ2) is 3.22. The number of para-hydroxylation sites is 1. The SMILES string of the molecule is O=C1c2cc3ccccc3n2[C@H]2CCCC[C@@H]12. The number of fused-ring (bicyclic) bond motifs is 5. The van der Waals surface area contributed by atoms with Gasteiger partial charge in [-0.25, -0.2) is 0 Å². The molecular formula is C15H15NO. The summed E-state index contributed by atoms with van der Waals surface area (Å²) in [6.45, 7) is 0. The standard InChI is InChI=1S/C15H15NO/c17-15-11-6-2-4-8-13(11)16-12-7-3-1-5-10(12)9-14(15)16/h1,3,5,7,9,11,13H,2,4,6,8H2/t11-,13+/m1/s1. The van der Waals surface area contributed by atoms with E-state index in [4.69, 9.17) is 0 Å². The van der Waals surface area contributed by atoms with Crippen LogP contribution in [0.1, 0.15) is 42.2 Å². The van der Waals surface area contributed by atoms with E-state index in [9.17, 15) is 4.79 Å². The predicted octanol–water partition coefficient (Wildman–Crippen LogP) is 3.57. The number of nitrogens with zero attached hydrogens (tertiary/aromatic N) is 1. The van der Waals surface area contributed by atoms with Crippen LogP contribution in [0.4, 0.5) is 0 Å². The Balaban J connectivity index is 1.99. The van der Waals surface area contributed by atoms with Crippen molar-refractivity contribution in [2.24, 2.45) is 5.92 Å². The fourth-order valence-corrected chi connectivity index (χ4v) is 3.64. The first-order valence-electron chi connectivity index (χ1n) is 6.50. The molecule has 0 amide bonds. The van der Waals surface area contributed by atoms with Gasteiger partial charge in [-0.15, -0.1) is 0 Å². The Bertz CT molecular complexity index is 610. The molecule has 1 aliphatic heterocycles. The van der Waals surface area contributed by atoms with Gasteiger partial charge in [0, 0.05) is 22.9 Å². The van der Waals surface area contributed by atoms with Crippen LogP contribution in [-0.2, 0) is 0 Å². The maximum absolute atomic E-state index is 12.4. The lowest BCUT2D eigenvalue weighted by Crippen LogP contribution is -2.20. The molecule has 2 aliphatic rings. The zero-order valence-corrected chi connectivity index (χ0v) is 9.73. The number of ketones is 1. The molecule has 4 rings (SSSR count). The van der Waals surface area contributed by atoms with E-state index in [0.717, 1.165) is 12.1 Å². The van der Waals surface area contributed by atoms with Crippen LogP contribution < -0.4 is 0 Å². The highest BCUT2D eigenvalue weighted by Crippen LogP contribution is 2.44. The van der Waals surface area contributed by atoms with Gasteiger partial charge in [0.2, 0.25) is 0 Å². The largest absolute Gasteiger partial charge is 0.334 e. The van der Waals surface area contributed by atoms with E-state index in [1.807, 2.05) is 6.07 Å². The lowest BCUT2D eigenvalue weighted by Gasteiger charge is -2.25. The summed E-state index contributed by atoms with van der Waals surface area (Å²) in [6.07, 6.45) is 4.73. The number of hydrogen-bond acceptors (Lipinski definition) is 1. The Kier molecular flexibility index (Phi) is 1.79. The van der Waals surface area contributed by atoms with E-state index in [0.29, 0.717) is 11.8 Å². The van der Waals surface area contributed by atoms with Crippen LogP contribution in [0.15, 0.2) is 30.3 Å². The number of hydrogen-bond donors (Lipinski definition) is 0. The van der Waals surface area contributed by atoms with Crippen LogP contribution >= 0.6 is 0 Å². The van der Waals surface area contributed by atoms with E-state index >= 15 is 0 Å². The summed E-state index contributed by atoms with van der Waals surface area (Å²) in [6, 6.07) is 10.9. The highest BCUT2D eigenvalue weighted by atomic mass is 16.1. The zero-order valence-electron chi connectivity index (χ0n) is 9.73. The van der Waals surface area contributed by atoms with Gasteiger partial charge in [-0.1, -0.05) is 31.0 Å². The van der Waals surface area contributed by atoms with Crippen molar-refractivity contribution >= 4 is 16.7 Å². The highest BCUT2D eigenvalue weighted by Gasteiger charge is 2.41. The third-order valence-corrected chi connectivity index (χ3v) is 4.40. The van der Waals surface area contributed by atoms with Gasteiger partial charge in [-0.3, -0.25) is 4.79 Å². The van der Waals surface area contributed by atoms with Gasteiger partial charge < -0.3 is 4.57 Å². The van der Waals surface area contributed by atoms with Crippen LogP contribution in [0.2, 0.25) is 0 Å². The molecule has 1 aliphatic carbocycles. The Hall–Kier alpha value is -1.57. The molecule has 1 saturated carbocycles. The summed E-state index contributed by atoms with van der Waals surface area (Å²) >= 11 is 0. The van der Waals surface area contributed by atoms with Crippen molar-refractivity contribution in [1.82, 2.24) is 4.57 Å². The molecule has 0 spiro atoms. The second-order valence-electron chi connectivity index (χ2n) is 5.28. The number of aromatic nitrogens is 1. The van der Waals surface area contributed by atoms with Gasteiger partial charge in [0.1, 0.15) is 0 Å². The van der Waals surface area contributed by atoms with Crippen molar-refractivity contribution < 1.29 is 4.79 Å². The van der Waals surface area contributed by atoms with Gasteiger partial charge in [0.05, 0.1) is 5.69 Å². The minimum absolute atomic E-state index is 0.267. The molecule has 2 heterocycles. The molecular weight excluding hydrogens is 210 g/mol. The maximum Gasteiger partial charge on any atom is 0.184 e. The van der Waals surface area contributed by atoms with Gasteiger partial charge >= 0.3 is 0 Å². The number of carbonyl (C=O) groups excluding carboxylic acids is 1. The molecule has 0 radical (unpaired) electrons. The Morgan fingerprint density at radius 2 is 1.94 bits per heavy atom. The Labute approximate surface area is 100 Å². The minimum atomic E-state index is 0.267. The molecule has 1 aromatic carbocycles. The quantitative estimate of drug-likeness (QED) is 0.671. The lowest BCUT2D eigenvalue weighted by atomic mass is 9.83. The molecule has 0 bridgehead atoms. The number of rotatable bonds is 0. The van der Waals surface area contributed by atoms with E-state index in [1.54, 1.807) is 0 Å². The molecule has 2 atom stereocenters. The molecule has 86 valence electrons. The predicted molar refractivity (Wildman–Crippen MR) is 67.3 cm³/mol. The number of carbonyl (C=O) groups is 1. The molecule has 0 N–H and O–H groups in total. The topological polar surface area (TPSA) is 22.0 Å². The van der Waals surface area contributed by atoms with E-state index < -0.39 is 0 Å². The number of Topliss-reactive ketones (excluding diaryl/α,β-unsaturated/α-hetero) is 1. The molecule has 2 heteroatoms. The Morgan fingerprint density at radius 3 is 2.88 bits per heavy atom. The van der Waals surface area contributed by atoms with Crippen LogP contribution in [0.3, 0.4) is 0 Å². The Morgan fingerprint density at radius 1 is 1.12 bits per heavy atom. The molecule has 2 aromatic rings. The second-order valence-corrected chi connectivity index (χ2v) is 5.28. The molecule has 1 aromatic heterocycles. The summed E-state index contributed by atoms with van der Waals surface area (Å²) in [5, 5.41) is 1.21. The van der Waals surface area contributed by atoms with Gasteiger partial charge in [-0.2, -0.15) is 0 Å². The maximum atomic E-state index is 12.4. The van der Waals surface area contributed by atoms with Crippen molar-refractivity contribution in [2.45, 2.75) is 31.7 Å². The van der Waals surface area contributed by atoms with E-state index in [-0.39, 0.29) is 5.92 Å². The first-order chi connectivity index (χ1) is 8.36. The highest BCUT2D eigenvalue weighted by molar-refractivity contribution is 6.04. The monoisotopic (exact) mass is 225 g/mol. The summed E-state index contributed by atoms with van der Waals surface area (Å²) in [4.78, 5) is 12.4. The van der Waals surface area contributed by atoms with Crippen LogP contribution in [0.25, 0.3) is 10.9 Å². The van der Waals surface area contributed by atoms with Gasteiger partial charge in [0.25, 0.3) is 0 Å². The summed E-state index contributed by atoms with van der Waals surface area (Å²) in [5.41, 5.74) is 2.19. The van der Waals surface area contributed by atoms with E-state index in [1.165, 1.54) is 30.2 Å². The average molecular weight is 225 g/mol. The van der Waals surface area contributed by atoms with Gasteiger partial charge in [-0.05, 0) is 25.0 Å². The smallest absolute Gasteiger partial charge is 0.184 e. The van der Waals surface area contributed by atoms with E-state index in [2.05, 4.69) is 28.8 Å². The summed E-state index contributed by atoms with van der Waals surface area (Å²) < 4.78 is 2.31. The average Bonchev–Trinajstić information content (AvgIpc) is 2.88. The minimum Gasteiger partial charge on any atom is -0.334 e. The molecule has 0 saturated heterocycles. The van der Waals surface area contributed by atoms with Crippen molar-refractivity contribution in [3.63, 3.8) is 0 Å². The van der Waals surface area contributed by atoms with Crippen molar-refractivity contribution in [3.05, 3.63) is 36.0 Å². The third-order valence-electron chi connectivity index (χ3n) is 4.40. The summed E-state index contributed by atoms with van der Waals surface area (Å²) in [5.74, 6) is 0.647. The van der Waals surface area contributed by atoms with Crippen molar-refractivity contribution in [1.29, 1.82) is 0 Å². The van der Waals surface area contributed by atoms with Gasteiger partial charge in [0.15, 0.2) is 5.78 Å². The zero-order chi connectivity index (χ0) is 11.4. The molecule has 2 nitrogen and oxygen atoms in total. The lowest BCUT2D eigenvalue weighted by molar-refractivity contribution is 0.0892. The summed E-state index contributed by atoms with van der Waals surface area (Å²) in [7, 11) is 0. The third kappa shape index (κ3) is 1.13. The van der Waals surface area contributed by atoms with Crippen LogP contribution in [0, 0.1) is 5.92 Å². The van der Waals surface area contributed by atoms with Crippen LogP contribution in [-0.4, -0.2) is 10.4 Å². The fraction of sp³-hybridized carbons (Fsp3) is 0.400. The normalized spacial score (nSPS) is 27.2. The van der Waals surface area contributed by atoms with Crippen molar-refractivity contribution in [2.75, 3.05) is 0 Å². The molecule has 1 fully saturated rings. The first-order valence-corrected chi connectivity index (χ1v) is 6.50. The molecule has 0 unspecified atom stereocenters. The number of benzene rings is 1. The fourth-order valence-electron chi connectivity index (χ4n) is 3.64. The first kappa shape index (κ1) is 9.46. The van der Waals surface area contributed by atoms with Crippen molar-refractivity contribution in [3.8, 4) is 0 Å². The van der Waals surface area contributed by atoms with Crippen LogP contribution in [0.5, 0.6) is 0 Å². The molecule has 17 heavy (non-hydrogen) atoms.